The lowest BCUT2D eigenvalue weighted by molar-refractivity contribution is 0.334. The number of hydrogen-bond donors (Lipinski definition) is 0. The second-order valence-corrected chi connectivity index (χ2v) is 16.7. The number of para-hydroxylation sites is 2. The molecule has 1 aliphatic carbocycles. The lowest BCUT2D eigenvalue weighted by Crippen LogP contribution is -2.34. The van der Waals surface area contributed by atoms with Gasteiger partial charge in [-0.1, -0.05) is 131 Å². The average molecular weight is 725 g/mol. The number of aromatic nitrogens is 4. The third-order valence-electron chi connectivity index (χ3n) is 12.3. The average Bonchev–Trinajstić information content (AvgIpc) is 3.77. The van der Waals surface area contributed by atoms with Gasteiger partial charge in [0.25, 0.3) is 0 Å². The summed E-state index contributed by atoms with van der Waals surface area (Å²) < 4.78 is 8.72. The van der Waals surface area contributed by atoms with Crippen LogP contribution in [0.1, 0.15) is 51.7 Å². The summed E-state index contributed by atoms with van der Waals surface area (Å²) in [4.78, 5) is 15.6. The van der Waals surface area contributed by atoms with Crippen molar-refractivity contribution in [2.24, 2.45) is 0 Å². The van der Waals surface area contributed by atoms with E-state index in [2.05, 4.69) is 135 Å². The number of benzene rings is 7. The molecule has 0 radical (unpaired) electrons. The summed E-state index contributed by atoms with van der Waals surface area (Å²) in [5.74, 6) is 1.88. The van der Waals surface area contributed by atoms with Crippen LogP contribution in [0.2, 0.25) is 0 Å². The lowest BCUT2D eigenvalue weighted by atomic mass is 9.62. The van der Waals surface area contributed by atoms with Crippen molar-refractivity contribution in [2.45, 2.75) is 51.4 Å². The second-order valence-electron chi connectivity index (χ2n) is 16.7. The quantitative estimate of drug-likeness (QED) is 0.181. The van der Waals surface area contributed by atoms with Crippen molar-refractivity contribution >= 4 is 54.5 Å². The van der Waals surface area contributed by atoms with Crippen molar-refractivity contribution in [1.82, 2.24) is 19.5 Å². The van der Waals surface area contributed by atoms with Gasteiger partial charge in [-0.25, -0.2) is 15.0 Å². The SMILES string of the molecule is CC1(C)CCC(C)(C)c2c1ccc1c3ccccc3n(-c3cc(-c4nc(-c5ccccc5)nc(-c5ccc6oc7ccccc7c6c5)n4)cc4ccccc34)c21. The van der Waals surface area contributed by atoms with E-state index in [1.807, 2.05) is 42.5 Å². The van der Waals surface area contributed by atoms with E-state index >= 15 is 0 Å². The summed E-state index contributed by atoms with van der Waals surface area (Å²) in [5.41, 5.74) is 11.1. The molecule has 0 fully saturated rings. The van der Waals surface area contributed by atoms with Gasteiger partial charge in [0.15, 0.2) is 17.5 Å². The summed E-state index contributed by atoms with van der Waals surface area (Å²) in [5, 5.41) is 6.96. The van der Waals surface area contributed by atoms with Gasteiger partial charge in [-0.15, -0.1) is 0 Å². The van der Waals surface area contributed by atoms with E-state index in [1.165, 1.54) is 38.3 Å². The molecular weight excluding hydrogens is 685 g/mol. The van der Waals surface area contributed by atoms with Gasteiger partial charge in [0.05, 0.1) is 16.7 Å². The molecule has 0 saturated carbocycles. The van der Waals surface area contributed by atoms with Crippen LogP contribution in [0.3, 0.4) is 0 Å². The maximum atomic E-state index is 6.18. The molecule has 0 saturated heterocycles. The summed E-state index contributed by atoms with van der Waals surface area (Å²) >= 11 is 0. The summed E-state index contributed by atoms with van der Waals surface area (Å²) in [6.45, 7) is 9.67. The topological polar surface area (TPSA) is 56.7 Å². The molecule has 56 heavy (non-hydrogen) atoms. The van der Waals surface area contributed by atoms with Crippen molar-refractivity contribution < 1.29 is 4.42 Å². The fourth-order valence-corrected chi connectivity index (χ4v) is 9.26. The molecule has 7 aromatic carbocycles. The molecule has 3 heterocycles. The van der Waals surface area contributed by atoms with Gasteiger partial charge in [0.1, 0.15) is 11.2 Å². The molecule has 1 aliphatic rings. The van der Waals surface area contributed by atoms with Crippen molar-refractivity contribution in [3.05, 3.63) is 157 Å². The van der Waals surface area contributed by atoms with Crippen LogP contribution in [-0.4, -0.2) is 19.5 Å². The Morgan fingerprint density at radius 1 is 0.482 bits per heavy atom. The highest BCUT2D eigenvalue weighted by atomic mass is 16.3. The highest BCUT2D eigenvalue weighted by molar-refractivity contribution is 6.12. The first-order chi connectivity index (χ1) is 27.2. The van der Waals surface area contributed by atoms with Gasteiger partial charge >= 0.3 is 0 Å². The van der Waals surface area contributed by atoms with Crippen molar-refractivity contribution in [3.8, 4) is 39.9 Å². The van der Waals surface area contributed by atoms with Gasteiger partial charge in [-0.05, 0) is 82.6 Å². The van der Waals surface area contributed by atoms with Crippen molar-refractivity contribution in [1.29, 1.82) is 0 Å². The van der Waals surface area contributed by atoms with Crippen molar-refractivity contribution in [2.75, 3.05) is 0 Å². The number of hydrogen-bond acceptors (Lipinski definition) is 4. The Hall–Kier alpha value is -6.59. The Morgan fingerprint density at radius 3 is 1.95 bits per heavy atom. The summed E-state index contributed by atoms with van der Waals surface area (Å²) in [6.07, 6.45) is 2.29. The van der Waals surface area contributed by atoms with Crippen molar-refractivity contribution in [3.63, 3.8) is 0 Å². The molecule has 11 rings (SSSR count). The standard InChI is InChI=1S/C51H40N4O/c1-50(2)26-27-51(3,4)45-40(50)24-23-38-36-18-10-12-20-41(36)55(46(38)45)42-30-34(28-32-16-8-9-17-35(32)42)49-53-47(31-14-6-5-7-15-31)52-48(54-49)33-22-25-44-39(29-33)37-19-11-13-21-43(37)56-44/h5-25,28-30H,26-27H2,1-4H3. The van der Waals surface area contributed by atoms with Gasteiger partial charge < -0.3 is 8.98 Å². The zero-order valence-corrected chi connectivity index (χ0v) is 32.0. The van der Waals surface area contributed by atoms with Gasteiger partial charge in [-0.2, -0.15) is 0 Å². The van der Waals surface area contributed by atoms with Crippen LogP contribution >= 0.6 is 0 Å². The first-order valence-corrected chi connectivity index (χ1v) is 19.6. The predicted octanol–water partition coefficient (Wildman–Crippen LogP) is 13.4. The third-order valence-corrected chi connectivity index (χ3v) is 12.3. The van der Waals surface area contributed by atoms with E-state index in [9.17, 15) is 0 Å². The molecule has 0 aliphatic heterocycles. The van der Waals surface area contributed by atoms with E-state index in [4.69, 9.17) is 19.4 Å². The molecule has 0 spiro atoms. The minimum atomic E-state index is -0.000977. The van der Waals surface area contributed by atoms with Crippen LogP contribution in [0.25, 0.3) is 94.4 Å². The Balaban J connectivity index is 1.20. The molecule has 5 heteroatoms. The first-order valence-electron chi connectivity index (χ1n) is 19.6. The molecule has 270 valence electrons. The lowest BCUT2D eigenvalue weighted by Gasteiger charge is -2.42. The summed E-state index contributed by atoms with van der Waals surface area (Å²) in [7, 11) is 0. The van der Waals surface area contributed by atoms with Gasteiger partial charge in [0.2, 0.25) is 0 Å². The smallest absolute Gasteiger partial charge is 0.164 e. The number of rotatable bonds is 4. The number of nitrogens with zero attached hydrogens (tertiary/aromatic N) is 4. The monoisotopic (exact) mass is 724 g/mol. The Bertz CT molecular complexity index is 3200. The highest BCUT2D eigenvalue weighted by Crippen LogP contribution is 2.51. The predicted molar refractivity (Wildman–Crippen MR) is 231 cm³/mol. The highest BCUT2D eigenvalue weighted by Gasteiger charge is 2.39. The largest absolute Gasteiger partial charge is 0.456 e. The van der Waals surface area contributed by atoms with E-state index < -0.39 is 0 Å². The number of furan rings is 1. The Labute approximate surface area is 325 Å². The van der Waals surface area contributed by atoms with E-state index in [1.54, 1.807) is 0 Å². The van der Waals surface area contributed by atoms with E-state index in [-0.39, 0.29) is 10.8 Å². The summed E-state index contributed by atoms with van der Waals surface area (Å²) in [6, 6.07) is 51.5. The fraction of sp³-hybridized carbons (Fsp3) is 0.157. The molecule has 0 N–H and O–H groups in total. The normalized spacial score (nSPS) is 14.9. The molecule has 0 amide bonds. The molecule has 5 nitrogen and oxygen atoms in total. The molecule has 0 atom stereocenters. The number of fused-ring (bicyclic) bond motifs is 9. The molecule has 3 aromatic heterocycles. The molecule has 0 unspecified atom stereocenters. The van der Waals surface area contributed by atoms with Crippen LogP contribution < -0.4 is 0 Å². The Kier molecular flexibility index (Phi) is 7.00. The molecule has 0 bridgehead atoms. The van der Waals surface area contributed by atoms with E-state index in [0.717, 1.165) is 62.5 Å². The molecular formula is C51H40N4O. The van der Waals surface area contributed by atoms with Crippen LogP contribution in [0, 0.1) is 0 Å². The second kappa shape index (κ2) is 12.0. The fourth-order valence-electron chi connectivity index (χ4n) is 9.26. The maximum absolute atomic E-state index is 6.18. The molecule has 10 aromatic rings. The van der Waals surface area contributed by atoms with Gasteiger partial charge in [0, 0.05) is 43.6 Å². The zero-order chi connectivity index (χ0) is 37.8. The minimum Gasteiger partial charge on any atom is -0.456 e. The van der Waals surface area contributed by atoms with Gasteiger partial charge in [-0.3, -0.25) is 0 Å². The Morgan fingerprint density at radius 2 is 1.12 bits per heavy atom. The third kappa shape index (κ3) is 4.97. The van der Waals surface area contributed by atoms with Crippen LogP contribution in [0.4, 0.5) is 0 Å². The van der Waals surface area contributed by atoms with E-state index in [0.29, 0.717) is 17.5 Å². The maximum Gasteiger partial charge on any atom is 0.164 e. The van der Waals surface area contributed by atoms with Crippen LogP contribution in [0.15, 0.2) is 150 Å². The zero-order valence-electron chi connectivity index (χ0n) is 32.0. The van der Waals surface area contributed by atoms with Crippen LogP contribution in [-0.2, 0) is 10.8 Å². The first kappa shape index (κ1) is 32.8. The minimum absolute atomic E-state index is 0.000977. The van der Waals surface area contributed by atoms with Crippen LogP contribution in [0.5, 0.6) is 0 Å².